The first kappa shape index (κ1) is 25.6. The number of aromatic nitrogens is 4. The van der Waals surface area contributed by atoms with Crippen LogP contribution in [-0.2, 0) is 24.2 Å². The van der Waals surface area contributed by atoms with Crippen LogP contribution < -0.4 is 10.6 Å². The van der Waals surface area contributed by atoms with Gasteiger partial charge in [0, 0.05) is 18.2 Å². The zero-order chi connectivity index (χ0) is 26.4. The minimum absolute atomic E-state index is 0.157. The van der Waals surface area contributed by atoms with Gasteiger partial charge in [0.15, 0.2) is 0 Å². The van der Waals surface area contributed by atoms with Crippen LogP contribution in [0.25, 0.3) is 5.69 Å². The number of carbonyl (C=O) groups is 2. The standard InChI is InChI=1S/C28H30N6O3/c1-4-21-7-5-6-19(3)26(21)27(35)31-24(28(36)37)15-20-8-10-23(11-9-20)34-17-22(32-33-34)16-30-25-14-18(2)12-13-29-25/h5-14,17,24H,4,15-16H2,1-3H3,(H,29,30)(H,31,35)(H,36,37). The maximum Gasteiger partial charge on any atom is 0.326 e. The number of aryl methyl sites for hydroxylation is 3. The number of hydrogen-bond donors (Lipinski definition) is 3. The molecule has 2 aromatic heterocycles. The second-order valence-electron chi connectivity index (χ2n) is 8.92. The van der Waals surface area contributed by atoms with E-state index in [1.54, 1.807) is 10.9 Å². The highest BCUT2D eigenvalue weighted by molar-refractivity contribution is 5.99. The number of nitrogens with zero attached hydrogens (tertiary/aromatic N) is 4. The van der Waals surface area contributed by atoms with Gasteiger partial charge in [-0.25, -0.2) is 14.5 Å². The molecule has 9 heteroatoms. The average molecular weight is 499 g/mol. The second kappa shape index (κ2) is 11.5. The molecule has 0 fully saturated rings. The number of anilines is 1. The first-order valence-corrected chi connectivity index (χ1v) is 12.1. The third-order valence-corrected chi connectivity index (χ3v) is 6.12. The number of amides is 1. The van der Waals surface area contributed by atoms with Gasteiger partial charge in [-0.2, -0.15) is 0 Å². The first-order chi connectivity index (χ1) is 17.8. The molecule has 4 rings (SSSR count). The molecule has 0 radical (unpaired) electrons. The Hall–Kier alpha value is -4.53. The molecule has 0 saturated heterocycles. The van der Waals surface area contributed by atoms with Crippen LogP contribution in [0.5, 0.6) is 0 Å². The molecule has 190 valence electrons. The van der Waals surface area contributed by atoms with E-state index in [0.717, 1.165) is 39.5 Å². The lowest BCUT2D eigenvalue weighted by molar-refractivity contribution is -0.139. The number of carbonyl (C=O) groups excluding carboxylic acids is 1. The minimum Gasteiger partial charge on any atom is -0.480 e. The zero-order valence-corrected chi connectivity index (χ0v) is 21.1. The van der Waals surface area contributed by atoms with Gasteiger partial charge in [0.05, 0.1) is 18.4 Å². The molecule has 2 aromatic carbocycles. The summed E-state index contributed by atoms with van der Waals surface area (Å²) in [6.45, 7) is 6.31. The smallest absolute Gasteiger partial charge is 0.326 e. The first-order valence-electron chi connectivity index (χ1n) is 12.1. The molecular formula is C28H30N6O3. The van der Waals surface area contributed by atoms with Crippen molar-refractivity contribution in [2.45, 2.75) is 46.2 Å². The van der Waals surface area contributed by atoms with Crippen LogP contribution in [0.3, 0.4) is 0 Å². The van der Waals surface area contributed by atoms with Crippen molar-refractivity contribution in [3.63, 3.8) is 0 Å². The molecule has 1 amide bonds. The third-order valence-electron chi connectivity index (χ3n) is 6.12. The summed E-state index contributed by atoms with van der Waals surface area (Å²) >= 11 is 0. The van der Waals surface area contributed by atoms with E-state index >= 15 is 0 Å². The van der Waals surface area contributed by atoms with Crippen molar-refractivity contribution in [1.29, 1.82) is 0 Å². The number of pyridine rings is 1. The van der Waals surface area contributed by atoms with Gasteiger partial charge >= 0.3 is 5.97 Å². The van der Waals surface area contributed by atoms with Crippen LogP contribution in [0.15, 0.2) is 67.0 Å². The lowest BCUT2D eigenvalue weighted by atomic mass is 9.98. The molecule has 0 aliphatic heterocycles. The summed E-state index contributed by atoms with van der Waals surface area (Å²) in [5, 5.41) is 24.1. The molecule has 0 spiro atoms. The van der Waals surface area contributed by atoms with Crippen molar-refractivity contribution >= 4 is 17.7 Å². The van der Waals surface area contributed by atoms with Gasteiger partial charge < -0.3 is 15.7 Å². The summed E-state index contributed by atoms with van der Waals surface area (Å²) in [6, 6.07) is 15.8. The Labute approximate surface area is 215 Å². The number of aliphatic carboxylic acids is 1. The van der Waals surface area contributed by atoms with Gasteiger partial charge in [-0.3, -0.25) is 4.79 Å². The van der Waals surface area contributed by atoms with E-state index in [9.17, 15) is 14.7 Å². The van der Waals surface area contributed by atoms with E-state index in [4.69, 9.17) is 0 Å². The Morgan fingerprint density at radius 2 is 1.86 bits per heavy atom. The summed E-state index contributed by atoms with van der Waals surface area (Å²) < 4.78 is 1.66. The normalized spacial score (nSPS) is 11.6. The Kier molecular flexibility index (Phi) is 7.92. The highest BCUT2D eigenvalue weighted by atomic mass is 16.4. The van der Waals surface area contributed by atoms with Crippen molar-refractivity contribution in [3.05, 3.63) is 101 Å². The largest absolute Gasteiger partial charge is 0.480 e. The topological polar surface area (TPSA) is 122 Å². The molecule has 0 aliphatic carbocycles. The fourth-order valence-electron chi connectivity index (χ4n) is 4.12. The molecule has 9 nitrogen and oxygen atoms in total. The number of benzene rings is 2. The lowest BCUT2D eigenvalue weighted by Crippen LogP contribution is -2.42. The molecule has 4 aromatic rings. The van der Waals surface area contributed by atoms with Crippen LogP contribution in [0, 0.1) is 13.8 Å². The van der Waals surface area contributed by atoms with E-state index < -0.39 is 12.0 Å². The van der Waals surface area contributed by atoms with Gasteiger partial charge in [-0.1, -0.05) is 42.5 Å². The van der Waals surface area contributed by atoms with Crippen LogP contribution >= 0.6 is 0 Å². The number of carboxylic acids is 1. The van der Waals surface area contributed by atoms with Crippen molar-refractivity contribution < 1.29 is 14.7 Å². The maximum atomic E-state index is 13.0. The molecule has 1 unspecified atom stereocenters. The molecule has 37 heavy (non-hydrogen) atoms. The molecule has 0 bridgehead atoms. The highest BCUT2D eigenvalue weighted by Crippen LogP contribution is 2.16. The summed E-state index contributed by atoms with van der Waals surface area (Å²) in [5.41, 5.74) is 5.70. The van der Waals surface area contributed by atoms with Crippen LogP contribution in [0.2, 0.25) is 0 Å². The molecule has 0 saturated carbocycles. The molecule has 2 heterocycles. The zero-order valence-electron chi connectivity index (χ0n) is 21.1. The fraction of sp³-hybridized carbons (Fsp3) is 0.250. The average Bonchev–Trinajstić information content (AvgIpc) is 3.36. The van der Waals surface area contributed by atoms with Crippen molar-refractivity contribution in [2.24, 2.45) is 0 Å². The second-order valence-corrected chi connectivity index (χ2v) is 8.92. The SMILES string of the molecule is CCc1cccc(C)c1C(=O)NC(Cc1ccc(-n2cc(CNc3cc(C)ccn3)nn2)cc1)C(=O)O. The number of nitrogens with one attached hydrogen (secondary N) is 2. The molecule has 3 N–H and O–H groups in total. The van der Waals surface area contributed by atoms with E-state index in [2.05, 4.69) is 25.9 Å². The Morgan fingerprint density at radius 1 is 1.08 bits per heavy atom. The van der Waals surface area contributed by atoms with Gasteiger partial charge in [-0.15, -0.1) is 5.10 Å². The molecular weight excluding hydrogens is 468 g/mol. The summed E-state index contributed by atoms with van der Waals surface area (Å²) in [4.78, 5) is 29.2. The van der Waals surface area contributed by atoms with E-state index in [-0.39, 0.29) is 12.3 Å². The van der Waals surface area contributed by atoms with Gasteiger partial charge in [0.1, 0.15) is 17.6 Å². The predicted octanol–water partition coefficient (Wildman–Crippen LogP) is 3.88. The Bertz CT molecular complexity index is 1400. The highest BCUT2D eigenvalue weighted by Gasteiger charge is 2.23. The van der Waals surface area contributed by atoms with E-state index in [1.807, 2.05) is 81.6 Å². The molecule has 1 atom stereocenters. The summed E-state index contributed by atoms with van der Waals surface area (Å²) in [7, 11) is 0. The quantitative estimate of drug-likeness (QED) is 0.303. The maximum absolute atomic E-state index is 13.0. The summed E-state index contributed by atoms with van der Waals surface area (Å²) in [5.74, 6) is -0.684. The number of hydrogen-bond acceptors (Lipinski definition) is 6. The Morgan fingerprint density at radius 3 is 2.57 bits per heavy atom. The van der Waals surface area contributed by atoms with E-state index in [0.29, 0.717) is 18.5 Å². The van der Waals surface area contributed by atoms with Crippen LogP contribution in [0.1, 0.15) is 45.2 Å². The van der Waals surface area contributed by atoms with Crippen molar-refractivity contribution in [3.8, 4) is 5.69 Å². The minimum atomic E-state index is -1.08. The predicted molar refractivity (Wildman–Crippen MR) is 141 cm³/mol. The molecule has 0 aliphatic rings. The van der Waals surface area contributed by atoms with Crippen LogP contribution in [0.4, 0.5) is 5.82 Å². The Balaban J connectivity index is 1.40. The van der Waals surface area contributed by atoms with Gasteiger partial charge in [0.25, 0.3) is 5.91 Å². The fourth-order valence-corrected chi connectivity index (χ4v) is 4.12. The van der Waals surface area contributed by atoms with Gasteiger partial charge in [-0.05, 0) is 66.8 Å². The lowest BCUT2D eigenvalue weighted by Gasteiger charge is -2.17. The number of carboxylic acid groups (broad SMARTS) is 1. The van der Waals surface area contributed by atoms with E-state index in [1.165, 1.54) is 0 Å². The summed E-state index contributed by atoms with van der Waals surface area (Å²) in [6.07, 6.45) is 4.42. The monoisotopic (exact) mass is 498 g/mol. The third kappa shape index (κ3) is 6.38. The van der Waals surface area contributed by atoms with Crippen LogP contribution in [-0.4, -0.2) is 43.0 Å². The van der Waals surface area contributed by atoms with Crippen molar-refractivity contribution in [2.75, 3.05) is 5.32 Å². The number of rotatable bonds is 10. The van der Waals surface area contributed by atoms with Gasteiger partial charge in [0.2, 0.25) is 0 Å². The van der Waals surface area contributed by atoms with Crippen molar-refractivity contribution in [1.82, 2.24) is 25.3 Å².